The Kier molecular flexibility index (Phi) is 4.27. The topological polar surface area (TPSA) is 79.5 Å². The average molecular weight is 302 g/mol. The zero-order valence-electron chi connectivity index (χ0n) is 12.7. The van der Waals surface area contributed by atoms with Crippen LogP contribution in [0.25, 0.3) is 0 Å². The summed E-state index contributed by atoms with van der Waals surface area (Å²) >= 11 is 0. The molecule has 1 aromatic rings. The van der Waals surface area contributed by atoms with E-state index in [1.165, 1.54) is 0 Å². The largest absolute Gasteiger partial charge is 0.369 e. The third-order valence-electron chi connectivity index (χ3n) is 4.61. The lowest BCUT2D eigenvalue weighted by Gasteiger charge is -2.31. The summed E-state index contributed by atoms with van der Waals surface area (Å²) in [4.78, 5) is 32.5. The fourth-order valence-corrected chi connectivity index (χ4v) is 3.28. The normalized spacial score (nSPS) is 19.5. The van der Waals surface area contributed by atoms with Gasteiger partial charge in [-0.05, 0) is 37.8 Å². The van der Waals surface area contributed by atoms with Gasteiger partial charge in [0.05, 0.1) is 5.56 Å². The molecule has 6 nitrogen and oxygen atoms in total. The molecule has 0 saturated carbocycles. The minimum absolute atomic E-state index is 0.0120. The monoisotopic (exact) mass is 302 g/mol. The quantitative estimate of drug-likeness (QED) is 0.904. The molecule has 22 heavy (non-hydrogen) atoms. The van der Waals surface area contributed by atoms with E-state index in [0.29, 0.717) is 31.5 Å². The van der Waals surface area contributed by atoms with Gasteiger partial charge in [0.25, 0.3) is 5.91 Å². The van der Waals surface area contributed by atoms with Crippen LogP contribution in [0.15, 0.2) is 18.3 Å². The van der Waals surface area contributed by atoms with Crippen molar-refractivity contribution in [2.24, 2.45) is 11.7 Å². The molecule has 2 amide bonds. The lowest BCUT2D eigenvalue weighted by atomic mass is 9.96. The van der Waals surface area contributed by atoms with Crippen LogP contribution in [-0.2, 0) is 4.79 Å². The molecule has 118 valence electrons. The molecule has 6 heteroatoms. The lowest BCUT2D eigenvalue weighted by Crippen LogP contribution is -2.42. The van der Waals surface area contributed by atoms with Crippen molar-refractivity contribution in [2.45, 2.75) is 25.7 Å². The van der Waals surface area contributed by atoms with Crippen molar-refractivity contribution in [1.29, 1.82) is 0 Å². The highest BCUT2D eigenvalue weighted by atomic mass is 16.2. The summed E-state index contributed by atoms with van der Waals surface area (Å²) < 4.78 is 0. The summed E-state index contributed by atoms with van der Waals surface area (Å²) in [5.74, 6) is 0.446. The first-order valence-corrected chi connectivity index (χ1v) is 7.95. The van der Waals surface area contributed by atoms with Crippen LogP contribution in [0.2, 0.25) is 0 Å². The van der Waals surface area contributed by atoms with E-state index in [0.717, 1.165) is 31.7 Å². The molecule has 0 aliphatic carbocycles. The van der Waals surface area contributed by atoms with Crippen molar-refractivity contribution in [1.82, 2.24) is 9.88 Å². The maximum absolute atomic E-state index is 12.8. The molecule has 3 heterocycles. The van der Waals surface area contributed by atoms with Crippen LogP contribution in [0, 0.1) is 5.92 Å². The van der Waals surface area contributed by atoms with Crippen LogP contribution in [0.4, 0.5) is 5.82 Å². The number of nitrogens with two attached hydrogens (primary N) is 1. The number of nitrogens with zero attached hydrogens (tertiary/aromatic N) is 3. The number of aromatic nitrogens is 1. The molecule has 2 aliphatic heterocycles. The molecule has 0 spiro atoms. The summed E-state index contributed by atoms with van der Waals surface area (Å²) in [6.07, 6.45) is 5.34. The Morgan fingerprint density at radius 3 is 2.45 bits per heavy atom. The molecule has 0 atom stereocenters. The standard InChI is InChI=1S/C16H22N4O2/c17-14(21)12-5-10-20(11-6-12)16(22)13-4-3-7-18-15(13)19-8-1-2-9-19/h3-4,7,12H,1-2,5-6,8-11H2,(H2,17,21). The number of primary amides is 1. The van der Waals surface area contributed by atoms with Gasteiger partial charge in [-0.15, -0.1) is 0 Å². The summed E-state index contributed by atoms with van der Waals surface area (Å²) in [6, 6.07) is 3.66. The van der Waals surface area contributed by atoms with E-state index < -0.39 is 0 Å². The van der Waals surface area contributed by atoms with E-state index in [1.807, 2.05) is 17.0 Å². The van der Waals surface area contributed by atoms with Crippen LogP contribution >= 0.6 is 0 Å². The van der Waals surface area contributed by atoms with E-state index in [2.05, 4.69) is 9.88 Å². The van der Waals surface area contributed by atoms with Crippen molar-refractivity contribution >= 4 is 17.6 Å². The third-order valence-corrected chi connectivity index (χ3v) is 4.61. The number of rotatable bonds is 3. The molecule has 2 N–H and O–H groups in total. The number of pyridine rings is 1. The molecule has 2 fully saturated rings. The Morgan fingerprint density at radius 1 is 1.14 bits per heavy atom. The maximum atomic E-state index is 12.8. The molecule has 2 saturated heterocycles. The second kappa shape index (κ2) is 6.34. The third kappa shape index (κ3) is 2.91. The van der Waals surface area contributed by atoms with Gasteiger partial charge in [-0.1, -0.05) is 0 Å². The molecule has 0 unspecified atom stereocenters. The smallest absolute Gasteiger partial charge is 0.257 e. The summed E-state index contributed by atoms with van der Waals surface area (Å²) in [7, 11) is 0. The first-order chi connectivity index (χ1) is 10.7. The summed E-state index contributed by atoms with van der Waals surface area (Å²) in [6.45, 7) is 3.09. The van der Waals surface area contributed by atoms with Crippen LogP contribution in [0.5, 0.6) is 0 Å². The van der Waals surface area contributed by atoms with Gasteiger partial charge in [0.15, 0.2) is 0 Å². The van der Waals surface area contributed by atoms with E-state index >= 15 is 0 Å². The number of piperidine rings is 1. The van der Waals surface area contributed by atoms with Gasteiger partial charge in [-0.25, -0.2) is 4.98 Å². The fourth-order valence-electron chi connectivity index (χ4n) is 3.28. The lowest BCUT2D eigenvalue weighted by molar-refractivity contribution is -0.123. The molecule has 1 aromatic heterocycles. The predicted molar refractivity (Wildman–Crippen MR) is 83.5 cm³/mol. The predicted octanol–water partition coefficient (Wildman–Crippen LogP) is 1.02. The molecule has 0 aromatic carbocycles. The Bertz CT molecular complexity index is 561. The van der Waals surface area contributed by atoms with E-state index in [4.69, 9.17) is 5.73 Å². The molecule has 0 bridgehead atoms. The zero-order chi connectivity index (χ0) is 15.5. The van der Waals surface area contributed by atoms with E-state index in [9.17, 15) is 9.59 Å². The van der Waals surface area contributed by atoms with Crippen LogP contribution < -0.4 is 10.6 Å². The number of carbonyl (C=O) groups is 2. The Labute approximate surface area is 130 Å². The van der Waals surface area contributed by atoms with Crippen molar-refractivity contribution in [3.63, 3.8) is 0 Å². The maximum Gasteiger partial charge on any atom is 0.257 e. The Hall–Kier alpha value is -2.11. The van der Waals surface area contributed by atoms with Gasteiger partial charge < -0.3 is 15.5 Å². The van der Waals surface area contributed by atoms with Gasteiger partial charge in [0.1, 0.15) is 5.82 Å². The number of hydrogen-bond donors (Lipinski definition) is 1. The second-order valence-corrected chi connectivity index (χ2v) is 6.04. The minimum atomic E-state index is -0.258. The molecule has 2 aliphatic rings. The number of likely N-dealkylation sites (tertiary alicyclic amines) is 1. The van der Waals surface area contributed by atoms with Crippen molar-refractivity contribution in [3.05, 3.63) is 23.9 Å². The van der Waals surface area contributed by atoms with Crippen molar-refractivity contribution < 1.29 is 9.59 Å². The number of hydrogen-bond acceptors (Lipinski definition) is 4. The van der Waals surface area contributed by atoms with Gasteiger partial charge in [0, 0.05) is 38.3 Å². The van der Waals surface area contributed by atoms with Crippen LogP contribution in [0.1, 0.15) is 36.0 Å². The highest BCUT2D eigenvalue weighted by molar-refractivity contribution is 5.99. The zero-order valence-corrected chi connectivity index (χ0v) is 12.7. The van der Waals surface area contributed by atoms with Gasteiger partial charge >= 0.3 is 0 Å². The molecular weight excluding hydrogens is 280 g/mol. The molecular formula is C16H22N4O2. The van der Waals surface area contributed by atoms with Crippen LogP contribution in [0.3, 0.4) is 0 Å². The van der Waals surface area contributed by atoms with Gasteiger partial charge in [0.2, 0.25) is 5.91 Å². The summed E-state index contributed by atoms with van der Waals surface area (Å²) in [5, 5.41) is 0. The highest BCUT2D eigenvalue weighted by Crippen LogP contribution is 2.25. The number of amides is 2. The number of anilines is 1. The Morgan fingerprint density at radius 2 is 1.82 bits per heavy atom. The molecule has 0 radical (unpaired) electrons. The Balaban J connectivity index is 1.74. The first kappa shape index (κ1) is 14.8. The van der Waals surface area contributed by atoms with E-state index in [1.54, 1.807) is 6.20 Å². The fraction of sp³-hybridized carbons (Fsp3) is 0.562. The van der Waals surface area contributed by atoms with Crippen molar-refractivity contribution in [3.8, 4) is 0 Å². The average Bonchev–Trinajstić information content (AvgIpc) is 3.08. The highest BCUT2D eigenvalue weighted by Gasteiger charge is 2.29. The second-order valence-electron chi connectivity index (χ2n) is 6.04. The summed E-state index contributed by atoms with van der Waals surface area (Å²) in [5.41, 5.74) is 6.02. The van der Waals surface area contributed by atoms with Gasteiger partial charge in [-0.2, -0.15) is 0 Å². The van der Waals surface area contributed by atoms with E-state index in [-0.39, 0.29) is 17.7 Å². The number of carbonyl (C=O) groups excluding carboxylic acids is 2. The SMILES string of the molecule is NC(=O)C1CCN(C(=O)c2cccnc2N2CCCC2)CC1. The van der Waals surface area contributed by atoms with Crippen LogP contribution in [-0.4, -0.2) is 47.9 Å². The van der Waals surface area contributed by atoms with Crippen molar-refractivity contribution in [2.75, 3.05) is 31.1 Å². The minimum Gasteiger partial charge on any atom is -0.369 e. The first-order valence-electron chi connectivity index (χ1n) is 7.95. The van der Waals surface area contributed by atoms with Gasteiger partial charge in [-0.3, -0.25) is 9.59 Å². The molecule has 3 rings (SSSR count).